The minimum atomic E-state index is -4.09. The quantitative estimate of drug-likeness (QED) is 0.612. The van der Waals surface area contributed by atoms with Crippen molar-refractivity contribution in [1.29, 1.82) is 0 Å². The Balaban J connectivity index is 2.99. The van der Waals surface area contributed by atoms with Gasteiger partial charge in [-0.15, -0.1) is 0 Å². The molecule has 6 nitrogen and oxygen atoms in total. The lowest BCUT2D eigenvalue weighted by atomic mass is 10.3. The Morgan fingerprint density at radius 3 is 2.74 bits per heavy atom. The lowest BCUT2D eigenvalue weighted by Crippen LogP contribution is -2.39. The number of rotatable bonds is 5. The second-order valence-corrected chi connectivity index (χ2v) is 5.43. The first-order chi connectivity index (χ1) is 8.79. The highest BCUT2D eigenvalue weighted by atomic mass is 32.2. The molecule has 0 fully saturated rings. The first-order valence-corrected chi connectivity index (χ1v) is 7.01. The number of anilines is 1. The molecule has 3 N–H and O–H groups in total. The molecule has 0 amide bonds. The van der Waals surface area contributed by atoms with Crippen molar-refractivity contribution in [3.63, 3.8) is 0 Å². The van der Waals surface area contributed by atoms with E-state index in [1.165, 1.54) is 13.0 Å². The summed E-state index contributed by atoms with van der Waals surface area (Å²) in [5, 5.41) is 0. The van der Waals surface area contributed by atoms with E-state index in [2.05, 4.69) is 9.46 Å². The van der Waals surface area contributed by atoms with Crippen molar-refractivity contribution in [2.75, 3.05) is 12.3 Å². The van der Waals surface area contributed by atoms with Gasteiger partial charge in [0.15, 0.2) is 0 Å². The van der Waals surface area contributed by atoms with Crippen LogP contribution >= 0.6 is 0 Å². The molecular weight excluding hydrogens is 275 g/mol. The summed E-state index contributed by atoms with van der Waals surface area (Å²) in [5.41, 5.74) is 4.87. The van der Waals surface area contributed by atoms with Gasteiger partial charge in [0.2, 0.25) is 10.0 Å². The standard InChI is InChI=1S/C11H15FN2O4S/c1-3-18-11(15)7(2)14-19(16,17)9-6-4-5-8(12)10(9)13/h4-7,14H,3,13H2,1-2H3. The molecule has 0 saturated carbocycles. The van der Waals surface area contributed by atoms with E-state index in [1.807, 2.05) is 0 Å². The first kappa shape index (κ1) is 15.4. The predicted molar refractivity (Wildman–Crippen MR) is 67.2 cm³/mol. The molecule has 19 heavy (non-hydrogen) atoms. The van der Waals surface area contributed by atoms with Gasteiger partial charge in [-0.25, -0.2) is 12.8 Å². The second kappa shape index (κ2) is 5.98. The Labute approximate surface area is 110 Å². The van der Waals surface area contributed by atoms with Gasteiger partial charge in [0.1, 0.15) is 16.8 Å². The first-order valence-electron chi connectivity index (χ1n) is 5.52. The molecule has 0 heterocycles. The van der Waals surface area contributed by atoms with Gasteiger partial charge in [-0.1, -0.05) is 6.07 Å². The molecule has 8 heteroatoms. The SMILES string of the molecule is CCOC(=O)C(C)NS(=O)(=O)c1cccc(F)c1N. The minimum Gasteiger partial charge on any atom is -0.465 e. The Morgan fingerprint density at radius 2 is 2.16 bits per heavy atom. The smallest absolute Gasteiger partial charge is 0.323 e. The normalized spacial score (nSPS) is 13.0. The van der Waals surface area contributed by atoms with Crippen LogP contribution in [0.1, 0.15) is 13.8 Å². The monoisotopic (exact) mass is 290 g/mol. The van der Waals surface area contributed by atoms with Crippen LogP contribution in [0.5, 0.6) is 0 Å². The number of nitrogens with one attached hydrogen (secondary N) is 1. The zero-order chi connectivity index (χ0) is 14.6. The van der Waals surface area contributed by atoms with E-state index >= 15 is 0 Å². The Morgan fingerprint density at radius 1 is 1.53 bits per heavy atom. The van der Waals surface area contributed by atoms with Crippen LogP contribution in [-0.2, 0) is 19.6 Å². The molecule has 1 aromatic rings. The van der Waals surface area contributed by atoms with Crippen LogP contribution in [0.25, 0.3) is 0 Å². The van der Waals surface area contributed by atoms with E-state index in [9.17, 15) is 17.6 Å². The van der Waals surface area contributed by atoms with Crippen molar-refractivity contribution in [1.82, 2.24) is 4.72 Å². The zero-order valence-corrected chi connectivity index (χ0v) is 11.3. The summed E-state index contributed by atoms with van der Waals surface area (Å²) < 4.78 is 43.9. The number of para-hydroxylation sites is 1. The van der Waals surface area contributed by atoms with E-state index in [4.69, 9.17) is 5.73 Å². The summed E-state index contributed by atoms with van der Waals surface area (Å²) in [6.45, 7) is 3.06. The number of halogens is 1. The molecule has 0 aliphatic heterocycles. The maximum atomic E-state index is 13.2. The molecule has 0 aromatic heterocycles. The number of sulfonamides is 1. The fourth-order valence-electron chi connectivity index (χ4n) is 1.36. The summed E-state index contributed by atoms with van der Waals surface area (Å²) in [6.07, 6.45) is 0. The third-order valence-electron chi connectivity index (χ3n) is 2.27. The molecule has 106 valence electrons. The van der Waals surface area contributed by atoms with E-state index in [0.29, 0.717) is 0 Å². The fourth-order valence-corrected chi connectivity index (χ4v) is 2.70. The molecule has 0 radical (unpaired) electrons. The molecule has 1 rings (SSSR count). The molecule has 0 aliphatic carbocycles. The number of nitrogens with two attached hydrogens (primary N) is 1. The zero-order valence-electron chi connectivity index (χ0n) is 10.5. The number of benzene rings is 1. The van der Waals surface area contributed by atoms with Gasteiger partial charge >= 0.3 is 5.97 Å². The second-order valence-electron chi connectivity index (χ2n) is 3.75. The van der Waals surface area contributed by atoms with Gasteiger partial charge in [-0.3, -0.25) is 4.79 Å². The van der Waals surface area contributed by atoms with E-state index in [-0.39, 0.29) is 6.61 Å². The molecular formula is C11H15FN2O4S. The van der Waals surface area contributed by atoms with Crippen LogP contribution in [0.15, 0.2) is 23.1 Å². The van der Waals surface area contributed by atoms with Gasteiger partial charge in [0.05, 0.1) is 12.3 Å². The number of hydrogen-bond donors (Lipinski definition) is 2. The number of hydrogen-bond acceptors (Lipinski definition) is 5. The third kappa shape index (κ3) is 3.65. The average Bonchev–Trinajstić information content (AvgIpc) is 2.32. The van der Waals surface area contributed by atoms with Gasteiger partial charge in [-0.05, 0) is 26.0 Å². The molecule has 0 aliphatic rings. The van der Waals surface area contributed by atoms with Crippen molar-refractivity contribution < 1.29 is 22.3 Å². The maximum absolute atomic E-state index is 13.2. The summed E-state index contributed by atoms with van der Waals surface area (Å²) in [4.78, 5) is 10.9. The molecule has 0 saturated heterocycles. The largest absolute Gasteiger partial charge is 0.465 e. The fraction of sp³-hybridized carbons (Fsp3) is 0.364. The minimum absolute atomic E-state index is 0.132. The molecule has 1 aromatic carbocycles. The predicted octanol–water partition coefficient (Wildman–Crippen LogP) is 0.638. The summed E-state index contributed by atoms with van der Waals surface area (Å²) >= 11 is 0. The van der Waals surface area contributed by atoms with Crippen molar-refractivity contribution in [2.45, 2.75) is 24.8 Å². The van der Waals surface area contributed by atoms with Crippen LogP contribution in [0, 0.1) is 5.82 Å². The number of esters is 1. The van der Waals surface area contributed by atoms with Crippen LogP contribution < -0.4 is 10.5 Å². The van der Waals surface area contributed by atoms with Crippen molar-refractivity contribution in [2.24, 2.45) is 0 Å². The van der Waals surface area contributed by atoms with Gasteiger partial charge < -0.3 is 10.5 Å². The number of ether oxygens (including phenoxy) is 1. The van der Waals surface area contributed by atoms with Gasteiger partial charge in [0.25, 0.3) is 0 Å². The van der Waals surface area contributed by atoms with Crippen LogP contribution in [-0.4, -0.2) is 27.0 Å². The van der Waals surface area contributed by atoms with Gasteiger partial charge in [0, 0.05) is 0 Å². The van der Waals surface area contributed by atoms with Crippen molar-refractivity contribution >= 4 is 21.7 Å². The highest BCUT2D eigenvalue weighted by molar-refractivity contribution is 7.89. The molecule has 0 spiro atoms. The number of carbonyl (C=O) groups excluding carboxylic acids is 1. The maximum Gasteiger partial charge on any atom is 0.323 e. The number of carbonyl (C=O) groups is 1. The average molecular weight is 290 g/mol. The Hall–Kier alpha value is -1.67. The van der Waals surface area contributed by atoms with Crippen LogP contribution in [0.4, 0.5) is 10.1 Å². The lowest BCUT2D eigenvalue weighted by Gasteiger charge is -2.14. The summed E-state index contributed by atoms with van der Waals surface area (Å²) in [5.74, 6) is -1.56. The topological polar surface area (TPSA) is 98.5 Å². The highest BCUT2D eigenvalue weighted by Crippen LogP contribution is 2.21. The highest BCUT2D eigenvalue weighted by Gasteiger charge is 2.25. The van der Waals surface area contributed by atoms with Crippen LogP contribution in [0.3, 0.4) is 0 Å². The lowest BCUT2D eigenvalue weighted by molar-refractivity contribution is -0.144. The molecule has 1 atom stereocenters. The van der Waals surface area contributed by atoms with E-state index in [0.717, 1.165) is 12.1 Å². The van der Waals surface area contributed by atoms with E-state index in [1.54, 1.807) is 6.92 Å². The molecule has 1 unspecified atom stereocenters. The third-order valence-corrected chi connectivity index (χ3v) is 3.87. The van der Waals surface area contributed by atoms with Crippen molar-refractivity contribution in [3.05, 3.63) is 24.0 Å². The Bertz CT molecular complexity index is 574. The van der Waals surface area contributed by atoms with E-state index < -0.39 is 38.4 Å². The molecule has 0 bridgehead atoms. The number of nitrogen functional groups attached to an aromatic ring is 1. The van der Waals surface area contributed by atoms with Gasteiger partial charge in [-0.2, -0.15) is 4.72 Å². The summed E-state index contributed by atoms with van der Waals surface area (Å²) in [6, 6.07) is 2.32. The van der Waals surface area contributed by atoms with Crippen molar-refractivity contribution in [3.8, 4) is 0 Å². The Kier molecular flexibility index (Phi) is 4.84. The van der Waals surface area contributed by atoms with Crippen LogP contribution in [0.2, 0.25) is 0 Å². The summed E-state index contributed by atoms with van der Waals surface area (Å²) in [7, 11) is -4.09.